The largest absolute Gasteiger partial charge is 0.393 e. The molecular weight excluding hydrogens is 557 g/mol. The number of alkyl halides is 5. The van der Waals surface area contributed by atoms with Gasteiger partial charge in [-0.1, -0.05) is 6.92 Å². The van der Waals surface area contributed by atoms with E-state index in [2.05, 4.69) is 15.3 Å². The maximum absolute atomic E-state index is 13.9. The van der Waals surface area contributed by atoms with Gasteiger partial charge in [-0.2, -0.15) is 13.2 Å². The van der Waals surface area contributed by atoms with E-state index < -0.39 is 18.5 Å². The van der Waals surface area contributed by atoms with Crippen molar-refractivity contribution in [2.45, 2.75) is 96.0 Å². The third-order valence-corrected chi connectivity index (χ3v) is 7.88. The average Bonchev–Trinajstić information content (AvgIpc) is 3.59. The minimum absolute atomic E-state index is 0.00515. The predicted octanol–water partition coefficient (Wildman–Crippen LogP) is 5.93. The van der Waals surface area contributed by atoms with Crippen LogP contribution >= 0.6 is 11.3 Å². The van der Waals surface area contributed by atoms with E-state index >= 15 is 0 Å². The number of hydrogen-bond donors (Lipinski definition) is 3. The summed E-state index contributed by atoms with van der Waals surface area (Å²) in [7, 11) is 0. The summed E-state index contributed by atoms with van der Waals surface area (Å²) in [5.41, 5.74) is 5.23. The molecule has 0 unspecified atom stereocenters. The first-order valence-corrected chi connectivity index (χ1v) is 14.0. The van der Waals surface area contributed by atoms with Crippen LogP contribution in [-0.4, -0.2) is 62.7 Å². The van der Waals surface area contributed by atoms with E-state index in [0.29, 0.717) is 12.4 Å². The quantitative estimate of drug-likeness (QED) is 0.343. The highest BCUT2D eigenvalue weighted by Gasteiger charge is 2.44. The van der Waals surface area contributed by atoms with Crippen molar-refractivity contribution in [3.05, 3.63) is 28.5 Å². The van der Waals surface area contributed by atoms with Gasteiger partial charge in [-0.15, -0.1) is 11.3 Å². The number of primary amides is 1. The fourth-order valence-electron chi connectivity index (χ4n) is 4.70. The van der Waals surface area contributed by atoms with Gasteiger partial charge >= 0.3 is 6.18 Å². The van der Waals surface area contributed by atoms with Crippen molar-refractivity contribution in [3.63, 3.8) is 0 Å². The number of rotatable bonds is 7. The topological polar surface area (TPSA) is 121 Å². The summed E-state index contributed by atoms with van der Waals surface area (Å²) >= 11 is 0.859. The number of halogens is 5. The van der Waals surface area contributed by atoms with Gasteiger partial charge in [0.1, 0.15) is 11.5 Å². The SMILES string of the molecule is CC(F)(F)F.CCCNc1cc(C(F)F)c(-c2sc(C(N)=O)nc2C(=O)N2C3CCC2CC3)cn1.OC1CCC1. The van der Waals surface area contributed by atoms with Crippen LogP contribution in [0, 0.1) is 0 Å². The number of fused-ring (bicyclic) bond motifs is 2. The Bertz CT molecular complexity index is 1150. The molecule has 8 nitrogen and oxygen atoms in total. The Kier molecular flexibility index (Phi) is 10.8. The highest BCUT2D eigenvalue weighted by Crippen LogP contribution is 2.42. The number of anilines is 1. The lowest BCUT2D eigenvalue weighted by Gasteiger charge is -2.21. The number of carbonyl (C=O) groups excluding carboxylic acids is 2. The van der Waals surface area contributed by atoms with Crippen LogP contribution in [-0.2, 0) is 0 Å². The molecule has 2 aromatic heterocycles. The van der Waals surface area contributed by atoms with Crippen molar-refractivity contribution in [2.24, 2.45) is 5.73 Å². The first-order chi connectivity index (χ1) is 18.8. The Morgan fingerprint density at radius 2 is 1.73 bits per heavy atom. The Morgan fingerprint density at radius 3 is 2.15 bits per heavy atom. The molecule has 4 N–H and O–H groups in total. The van der Waals surface area contributed by atoms with Crippen LogP contribution in [0.15, 0.2) is 12.3 Å². The molecule has 2 saturated heterocycles. The second-order valence-corrected chi connectivity index (χ2v) is 11.0. The highest BCUT2D eigenvalue weighted by molar-refractivity contribution is 7.17. The number of thiazole rings is 1. The molecule has 4 heterocycles. The number of nitrogens with two attached hydrogens (primary N) is 1. The molecule has 2 aromatic rings. The molecule has 222 valence electrons. The molecular formula is C26H34F5N5O3S. The molecule has 0 aromatic carbocycles. The number of nitrogens with one attached hydrogen (secondary N) is 1. The van der Waals surface area contributed by atoms with Crippen LogP contribution in [0.5, 0.6) is 0 Å². The van der Waals surface area contributed by atoms with Crippen LogP contribution in [0.4, 0.5) is 27.8 Å². The molecule has 0 atom stereocenters. The highest BCUT2D eigenvalue weighted by atomic mass is 32.1. The molecule has 3 aliphatic rings. The normalized spacial score (nSPS) is 19.9. The van der Waals surface area contributed by atoms with Gasteiger partial charge in [0.15, 0.2) is 5.01 Å². The lowest BCUT2D eigenvalue weighted by molar-refractivity contribution is -0.110. The van der Waals surface area contributed by atoms with E-state index in [-0.39, 0.29) is 57.7 Å². The molecule has 3 fully saturated rings. The predicted molar refractivity (Wildman–Crippen MR) is 141 cm³/mol. The van der Waals surface area contributed by atoms with Crippen molar-refractivity contribution in [1.29, 1.82) is 0 Å². The van der Waals surface area contributed by atoms with Crippen LogP contribution < -0.4 is 11.1 Å². The van der Waals surface area contributed by atoms with E-state index in [1.54, 1.807) is 4.90 Å². The number of pyridine rings is 1. The summed E-state index contributed by atoms with van der Waals surface area (Å²) in [5.74, 6) is -0.786. The lowest BCUT2D eigenvalue weighted by Crippen LogP contribution is -2.35. The minimum atomic E-state index is -4.00. The molecule has 40 heavy (non-hydrogen) atoms. The summed E-state index contributed by atoms with van der Waals surface area (Å²) in [4.78, 5) is 35.5. The van der Waals surface area contributed by atoms with E-state index in [1.807, 2.05) is 6.92 Å². The smallest absolute Gasteiger partial charge is 0.386 e. The van der Waals surface area contributed by atoms with Crippen molar-refractivity contribution in [3.8, 4) is 10.4 Å². The standard InChI is InChI=1S/C20H23F2N5O2S.C4H8O.C2H3F3/c1-2-7-24-14-8-12(17(21)22)13(9-25-14)16-15(26-19(30-16)18(23)28)20(29)27-10-3-4-11(27)6-5-10;5-4-2-1-3-4;1-2(3,4)5/h8-11,17H,2-7H2,1H3,(H2,23,28)(H,24,25);4-5H,1-3H2;1H3. The summed E-state index contributed by atoms with van der Waals surface area (Å²) < 4.78 is 58.8. The summed E-state index contributed by atoms with van der Waals surface area (Å²) in [6.07, 6.45) is 2.46. The number of amides is 2. The number of aliphatic hydroxyl groups is 1. The molecule has 1 aliphatic carbocycles. The van der Waals surface area contributed by atoms with Crippen LogP contribution in [0.25, 0.3) is 10.4 Å². The third kappa shape index (κ3) is 8.32. The Labute approximate surface area is 233 Å². The summed E-state index contributed by atoms with van der Waals surface area (Å²) in [6.45, 7) is 2.75. The molecule has 2 aliphatic heterocycles. The van der Waals surface area contributed by atoms with Crippen molar-refractivity contribution >= 4 is 29.0 Å². The Morgan fingerprint density at radius 1 is 1.18 bits per heavy atom. The van der Waals surface area contributed by atoms with E-state index in [4.69, 9.17) is 10.8 Å². The molecule has 0 spiro atoms. The maximum atomic E-state index is 13.9. The fourth-order valence-corrected chi connectivity index (χ4v) is 5.64. The van der Waals surface area contributed by atoms with E-state index in [0.717, 1.165) is 56.3 Å². The fraction of sp³-hybridized carbons (Fsp3) is 0.615. The van der Waals surface area contributed by atoms with Crippen LogP contribution in [0.2, 0.25) is 0 Å². The zero-order valence-electron chi connectivity index (χ0n) is 22.3. The van der Waals surface area contributed by atoms with Gasteiger partial charge in [0.05, 0.1) is 11.0 Å². The van der Waals surface area contributed by atoms with Gasteiger partial charge in [-0.3, -0.25) is 9.59 Å². The van der Waals surface area contributed by atoms with Gasteiger partial charge < -0.3 is 21.1 Å². The first kappa shape index (κ1) is 31.7. The number of carbonyl (C=O) groups is 2. The molecule has 14 heteroatoms. The summed E-state index contributed by atoms with van der Waals surface area (Å²) in [5, 5.41) is 11.4. The van der Waals surface area contributed by atoms with Gasteiger partial charge in [-0.05, 0) is 57.4 Å². The second kappa shape index (κ2) is 13.7. The molecule has 2 amide bonds. The number of aromatic nitrogens is 2. The molecule has 5 rings (SSSR count). The Hall–Kier alpha value is -2.87. The lowest BCUT2D eigenvalue weighted by atomic mass is 9.97. The number of hydrogen-bond acceptors (Lipinski definition) is 7. The van der Waals surface area contributed by atoms with Gasteiger partial charge in [0.2, 0.25) is 0 Å². The monoisotopic (exact) mass is 591 g/mol. The zero-order chi connectivity index (χ0) is 29.6. The molecule has 1 saturated carbocycles. The van der Waals surface area contributed by atoms with Crippen LogP contribution in [0.3, 0.4) is 0 Å². The van der Waals surface area contributed by atoms with Gasteiger partial charge in [0.25, 0.3) is 18.2 Å². The molecule has 0 radical (unpaired) electrons. The Balaban J connectivity index is 0.000000373. The van der Waals surface area contributed by atoms with E-state index in [9.17, 15) is 31.5 Å². The average molecular weight is 592 g/mol. The van der Waals surface area contributed by atoms with Crippen molar-refractivity contribution in [2.75, 3.05) is 11.9 Å². The number of aliphatic hydroxyl groups excluding tert-OH is 1. The molecule has 2 bridgehead atoms. The second-order valence-electron chi connectivity index (χ2n) is 9.99. The van der Waals surface area contributed by atoms with Gasteiger partial charge in [-0.25, -0.2) is 18.7 Å². The van der Waals surface area contributed by atoms with Crippen molar-refractivity contribution < 1.29 is 36.6 Å². The maximum Gasteiger partial charge on any atom is 0.386 e. The van der Waals surface area contributed by atoms with Crippen LogP contribution in [0.1, 0.15) is 97.5 Å². The minimum Gasteiger partial charge on any atom is -0.393 e. The first-order valence-electron chi connectivity index (χ1n) is 13.2. The summed E-state index contributed by atoms with van der Waals surface area (Å²) in [6, 6.07) is 1.57. The van der Waals surface area contributed by atoms with Crippen molar-refractivity contribution in [1.82, 2.24) is 14.9 Å². The van der Waals surface area contributed by atoms with E-state index in [1.165, 1.54) is 18.7 Å². The zero-order valence-corrected chi connectivity index (χ0v) is 23.1. The number of nitrogens with zero attached hydrogens (tertiary/aromatic N) is 3. The third-order valence-electron chi connectivity index (χ3n) is 6.77. The van der Waals surface area contributed by atoms with Gasteiger partial charge in [0, 0.05) is 42.9 Å².